The van der Waals surface area contributed by atoms with E-state index in [1.807, 2.05) is 6.92 Å². The third-order valence-electron chi connectivity index (χ3n) is 3.13. The van der Waals surface area contributed by atoms with E-state index in [1.165, 1.54) is 12.8 Å². The molecular formula is C12H24N2O2. The van der Waals surface area contributed by atoms with Gasteiger partial charge in [0.15, 0.2) is 0 Å². The molecule has 1 atom stereocenters. The SMILES string of the molecule is CC(NCCCCO)C(=O)NC1CCCC1. The van der Waals surface area contributed by atoms with E-state index < -0.39 is 0 Å². The topological polar surface area (TPSA) is 61.4 Å². The van der Waals surface area contributed by atoms with Crippen LogP contribution in [0.15, 0.2) is 0 Å². The lowest BCUT2D eigenvalue weighted by molar-refractivity contribution is -0.123. The molecule has 4 nitrogen and oxygen atoms in total. The summed E-state index contributed by atoms with van der Waals surface area (Å²) in [5, 5.41) is 14.9. The molecule has 0 heterocycles. The third kappa shape index (κ3) is 4.94. The molecule has 94 valence electrons. The van der Waals surface area contributed by atoms with E-state index in [1.54, 1.807) is 0 Å². The largest absolute Gasteiger partial charge is 0.396 e. The molecule has 0 radical (unpaired) electrons. The lowest BCUT2D eigenvalue weighted by atomic mass is 10.2. The standard InChI is InChI=1S/C12H24N2O2/c1-10(13-8-4-5-9-15)12(16)14-11-6-2-3-7-11/h10-11,13,15H,2-9H2,1H3,(H,14,16). The van der Waals surface area contributed by atoms with Crippen LogP contribution in [0.3, 0.4) is 0 Å². The maximum Gasteiger partial charge on any atom is 0.237 e. The van der Waals surface area contributed by atoms with E-state index in [0.717, 1.165) is 32.2 Å². The average Bonchev–Trinajstić information content (AvgIpc) is 2.76. The molecule has 0 aromatic heterocycles. The normalized spacial score (nSPS) is 18.6. The summed E-state index contributed by atoms with van der Waals surface area (Å²) in [6.07, 6.45) is 6.44. The molecule has 3 N–H and O–H groups in total. The fourth-order valence-corrected chi connectivity index (χ4v) is 2.04. The fraction of sp³-hybridized carbons (Fsp3) is 0.917. The van der Waals surface area contributed by atoms with Crippen LogP contribution >= 0.6 is 0 Å². The van der Waals surface area contributed by atoms with E-state index in [9.17, 15) is 4.79 Å². The van der Waals surface area contributed by atoms with Crippen molar-refractivity contribution in [2.75, 3.05) is 13.2 Å². The second-order valence-electron chi connectivity index (χ2n) is 4.60. The third-order valence-corrected chi connectivity index (χ3v) is 3.13. The number of aliphatic hydroxyl groups excluding tert-OH is 1. The zero-order chi connectivity index (χ0) is 11.8. The molecule has 0 aromatic carbocycles. The summed E-state index contributed by atoms with van der Waals surface area (Å²) in [5.41, 5.74) is 0. The Balaban J connectivity index is 2.09. The van der Waals surface area contributed by atoms with Gasteiger partial charge < -0.3 is 15.7 Å². The van der Waals surface area contributed by atoms with Crippen molar-refractivity contribution < 1.29 is 9.90 Å². The van der Waals surface area contributed by atoms with Gasteiger partial charge in [0.25, 0.3) is 0 Å². The van der Waals surface area contributed by atoms with Crippen molar-refractivity contribution in [1.29, 1.82) is 0 Å². The van der Waals surface area contributed by atoms with Crippen LogP contribution in [0.5, 0.6) is 0 Å². The number of amides is 1. The molecule has 1 saturated carbocycles. The van der Waals surface area contributed by atoms with Crippen LogP contribution in [0, 0.1) is 0 Å². The molecule has 1 aliphatic rings. The highest BCUT2D eigenvalue weighted by Crippen LogP contribution is 2.17. The molecule has 1 unspecified atom stereocenters. The fourth-order valence-electron chi connectivity index (χ4n) is 2.04. The van der Waals surface area contributed by atoms with Crippen LogP contribution in [0.2, 0.25) is 0 Å². The van der Waals surface area contributed by atoms with E-state index in [4.69, 9.17) is 5.11 Å². The van der Waals surface area contributed by atoms with Gasteiger partial charge in [0, 0.05) is 12.6 Å². The minimum Gasteiger partial charge on any atom is -0.396 e. The minimum absolute atomic E-state index is 0.107. The molecule has 0 bridgehead atoms. The van der Waals surface area contributed by atoms with Gasteiger partial charge in [-0.15, -0.1) is 0 Å². The number of unbranched alkanes of at least 4 members (excludes halogenated alkanes) is 1. The van der Waals surface area contributed by atoms with Gasteiger partial charge in [-0.05, 0) is 39.2 Å². The van der Waals surface area contributed by atoms with Gasteiger partial charge >= 0.3 is 0 Å². The monoisotopic (exact) mass is 228 g/mol. The van der Waals surface area contributed by atoms with Gasteiger partial charge in [-0.25, -0.2) is 0 Å². The molecule has 0 spiro atoms. The van der Waals surface area contributed by atoms with Gasteiger partial charge in [0.1, 0.15) is 0 Å². The maximum atomic E-state index is 11.7. The Kier molecular flexibility index (Phi) is 6.42. The van der Waals surface area contributed by atoms with Crippen molar-refractivity contribution in [2.45, 2.75) is 57.5 Å². The van der Waals surface area contributed by atoms with Crippen LogP contribution in [0.1, 0.15) is 45.4 Å². The Hall–Kier alpha value is -0.610. The average molecular weight is 228 g/mol. The van der Waals surface area contributed by atoms with Crippen molar-refractivity contribution in [1.82, 2.24) is 10.6 Å². The summed E-state index contributed by atoms with van der Waals surface area (Å²) in [4.78, 5) is 11.7. The maximum absolute atomic E-state index is 11.7. The van der Waals surface area contributed by atoms with E-state index in [2.05, 4.69) is 10.6 Å². The van der Waals surface area contributed by atoms with Gasteiger partial charge in [-0.1, -0.05) is 12.8 Å². The van der Waals surface area contributed by atoms with Gasteiger partial charge in [0.2, 0.25) is 5.91 Å². The molecule has 1 rings (SSSR count). The quantitative estimate of drug-likeness (QED) is 0.565. The van der Waals surface area contributed by atoms with Crippen molar-refractivity contribution >= 4 is 5.91 Å². The lowest BCUT2D eigenvalue weighted by Crippen LogP contribution is -2.45. The van der Waals surface area contributed by atoms with Crippen molar-refractivity contribution in [3.63, 3.8) is 0 Å². The number of carbonyl (C=O) groups is 1. The number of nitrogens with one attached hydrogen (secondary N) is 2. The van der Waals surface area contributed by atoms with E-state index >= 15 is 0 Å². The Morgan fingerprint density at radius 2 is 2.06 bits per heavy atom. The molecule has 4 heteroatoms. The number of hydrogen-bond donors (Lipinski definition) is 3. The number of hydrogen-bond acceptors (Lipinski definition) is 3. The summed E-state index contributed by atoms with van der Waals surface area (Å²) >= 11 is 0. The van der Waals surface area contributed by atoms with Crippen LogP contribution in [0.4, 0.5) is 0 Å². The molecule has 1 amide bonds. The molecular weight excluding hydrogens is 204 g/mol. The van der Waals surface area contributed by atoms with Crippen LogP contribution in [-0.2, 0) is 4.79 Å². The summed E-state index contributed by atoms with van der Waals surface area (Å²) in [6.45, 7) is 2.91. The first-order chi connectivity index (χ1) is 7.74. The first-order valence-corrected chi connectivity index (χ1v) is 6.38. The van der Waals surface area contributed by atoms with Crippen LogP contribution < -0.4 is 10.6 Å². The zero-order valence-corrected chi connectivity index (χ0v) is 10.2. The van der Waals surface area contributed by atoms with Crippen molar-refractivity contribution in [3.05, 3.63) is 0 Å². The highest BCUT2D eigenvalue weighted by Gasteiger charge is 2.19. The molecule has 1 fully saturated rings. The molecule has 1 aliphatic carbocycles. The molecule has 16 heavy (non-hydrogen) atoms. The number of rotatable bonds is 7. The van der Waals surface area contributed by atoms with Gasteiger partial charge in [-0.3, -0.25) is 4.79 Å². The van der Waals surface area contributed by atoms with Crippen LogP contribution in [0.25, 0.3) is 0 Å². The predicted octanol–water partition coefficient (Wildman–Crippen LogP) is 0.796. The molecule has 0 aliphatic heterocycles. The highest BCUT2D eigenvalue weighted by molar-refractivity contribution is 5.81. The Bertz CT molecular complexity index is 203. The second kappa shape index (κ2) is 7.63. The first-order valence-electron chi connectivity index (χ1n) is 6.38. The van der Waals surface area contributed by atoms with E-state index in [-0.39, 0.29) is 18.6 Å². The predicted molar refractivity (Wildman–Crippen MR) is 64.2 cm³/mol. The van der Waals surface area contributed by atoms with Gasteiger partial charge in [0.05, 0.1) is 6.04 Å². The van der Waals surface area contributed by atoms with Gasteiger partial charge in [-0.2, -0.15) is 0 Å². The zero-order valence-electron chi connectivity index (χ0n) is 10.2. The summed E-state index contributed by atoms with van der Waals surface area (Å²) in [7, 11) is 0. The second-order valence-corrected chi connectivity index (χ2v) is 4.60. The Labute approximate surface area is 97.8 Å². The molecule has 0 saturated heterocycles. The summed E-state index contributed by atoms with van der Waals surface area (Å²) < 4.78 is 0. The highest BCUT2D eigenvalue weighted by atomic mass is 16.2. The summed E-state index contributed by atoms with van der Waals surface area (Å²) in [5.74, 6) is 0.107. The van der Waals surface area contributed by atoms with Crippen molar-refractivity contribution in [2.24, 2.45) is 0 Å². The number of aliphatic hydroxyl groups is 1. The first kappa shape index (κ1) is 13.5. The number of carbonyl (C=O) groups excluding carboxylic acids is 1. The van der Waals surface area contributed by atoms with Crippen molar-refractivity contribution in [3.8, 4) is 0 Å². The molecule has 0 aromatic rings. The Morgan fingerprint density at radius 1 is 1.38 bits per heavy atom. The van der Waals surface area contributed by atoms with Crippen LogP contribution in [-0.4, -0.2) is 36.2 Å². The smallest absolute Gasteiger partial charge is 0.237 e. The van der Waals surface area contributed by atoms with E-state index in [0.29, 0.717) is 6.04 Å². The summed E-state index contributed by atoms with van der Waals surface area (Å²) in [6, 6.07) is 0.272. The lowest BCUT2D eigenvalue weighted by Gasteiger charge is -2.17. The minimum atomic E-state index is -0.126. The Morgan fingerprint density at radius 3 is 2.69 bits per heavy atom.